The second-order valence-corrected chi connectivity index (χ2v) is 5.80. The average molecular weight is 270 g/mol. The predicted octanol–water partition coefficient (Wildman–Crippen LogP) is 0.855. The van der Waals surface area contributed by atoms with E-state index in [1.807, 2.05) is 6.07 Å². The monoisotopic (exact) mass is 270 g/mol. The van der Waals surface area contributed by atoms with Gasteiger partial charge >= 0.3 is 0 Å². The fraction of sp³-hybridized carbons (Fsp3) is 0.500. The van der Waals surface area contributed by atoms with Crippen LogP contribution in [0.1, 0.15) is 0 Å². The molecule has 18 heavy (non-hydrogen) atoms. The van der Waals surface area contributed by atoms with Gasteiger partial charge in [0.05, 0.1) is 25.6 Å². The molecule has 5 nitrogen and oxygen atoms in total. The Morgan fingerprint density at radius 2 is 1.72 bits per heavy atom. The van der Waals surface area contributed by atoms with E-state index in [0.29, 0.717) is 28.7 Å². The molecular formula is C12H18N2O3S. The van der Waals surface area contributed by atoms with Crippen LogP contribution in [0.2, 0.25) is 0 Å². The van der Waals surface area contributed by atoms with Gasteiger partial charge in [0.1, 0.15) is 0 Å². The van der Waals surface area contributed by atoms with Crippen LogP contribution in [-0.2, 0) is 10.8 Å². The van der Waals surface area contributed by atoms with Crippen LogP contribution in [0.3, 0.4) is 0 Å². The zero-order chi connectivity index (χ0) is 13.1. The summed E-state index contributed by atoms with van der Waals surface area (Å²) < 4.78 is 21.8. The summed E-state index contributed by atoms with van der Waals surface area (Å²) in [5, 5.41) is 0. The molecule has 1 aromatic rings. The van der Waals surface area contributed by atoms with E-state index in [4.69, 9.17) is 15.2 Å². The zero-order valence-electron chi connectivity index (χ0n) is 10.6. The number of nitrogens with two attached hydrogens (primary N) is 1. The number of nitrogens with zero attached hydrogens (tertiary/aromatic N) is 1. The highest BCUT2D eigenvalue weighted by molar-refractivity contribution is 7.85. The van der Waals surface area contributed by atoms with E-state index < -0.39 is 10.8 Å². The molecule has 100 valence electrons. The largest absolute Gasteiger partial charge is 0.493 e. The number of ether oxygens (including phenoxy) is 2. The first-order valence-electron chi connectivity index (χ1n) is 5.77. The minimum absolute atomic E-state index is 0.624. The molecule has 1 aliphatic rings. The van der Waals surface area contributed by atoms with Crippen LogP contribution in [0, 0.1) is 0 Å². The van der Waals surface area contributed by atoms with Crippen molar-refractivity contribution in [3.8, 4) is 11.5 Å². The highest BCUT2D eigenvalue weighted by atomic mass is 32.2. The molecule has 1 aliphatic heterocycles. The van der Waals surface area contributed by atoms with E-state index in [1.165, 1.54) is 0 Å². The molecule has 1 fully saturated rings. The maximum Gasteiger partial charge on any atom is 0.162 e. The van der Waals surface area contributed by atoms with E-state index in [2.05, 4.69) is 4.90 Å². The van der Waals surface area contributed by atoms with E-state index in [0.717, 1.165) is 18.8 Å². The molecule has 1 aromatic carbocycles. The van der Waals surface area contributed by atoms with Crippen molar-refractivity contribution in [2.24, 2.45) is 0 Å². The number of methoxy groups -OCH3 is 2. The van der Waals surface area contributed by atoms with E-state index >= 15 is 0 Å². The highest BCUT2D eigenvalue weighted by Gasteiger charge is 2.19. The molecular weight excluding hydrogens is 252 g/mol. The lowest BCUT2D eigenvalue weighted by Gasteiger charge is -2.30. The van der Waals surface area contributed by atoms with Gasteiger partial charge in [-0.25, -0.2) is 0 Å². The Labute approximate surface area is 109 Å². The van der Waals surface area contributed by atoms with Gasteiger partial charge in [0.15, 0.2) is 11.5 Å². The van der Waals surface area contributed by atoms with Gasteiger partial charge in [0.2, 0.25) is 0 Å². The summed E-state index contributed by atoms with van der Waals surface area (Å²) in [6, 6.07) is 3.64. The molecule has 0 bridgehead atoms. The molecule has 0 atom stereocenters. The molecule has 0 aromatic heterocycles. The molecule has 2 N–H and O–H groups in total. The van der Waals surface area contributed by atoms with Gasteiger partial charge in [-0.2, -0.15) is 0 Å². The van der Waals surface area contributed by atoms with Gasteiger partial charge in [0.25, 0.3) is 0 Å². The molecule has 0 aliphatic carbocycles. The molecule has 0 radical (unpaired) electrons. The molecule has 1 saturated heterocycles. The van der Waals surface area contributed by atoms with Crippen LogP contribution < -0.4 is 20.1 Å². The topological polar surface area (TPSA) is 64.8 Å². The quantitative estimate of drug-likeness (QED) is 0.825. The van der Waals surface area contributed by atoms with E-state index in [9.17, 15) is 4.21 Å². The van der Waals surface area contributed by atoms with Gasteiger partial charge in [-0.05, 0) is 0 Å². The summed E-state index contributed by atoms with van der Waals surface area (Å²) in [4.78, 5) is 2.14. The average Bonchev–Trinajstić information content (AvgIpc) is 2.39. The number of nitrogen functional groups attached to an aromatic ring is 1. The normalized spacial score (nSPS) is 16.7. The molecule has 6 heteroatoms. The Kier molecular flexibility index (Phi) is 3.96. The number of anilines is 2. The van der Waals surface area contributed by atoms with Gasteiger partial charge in [0, 0.05) is 47.5 Å². The summed E-state index contributed by atoms with van der Waals surface area (Å²) in [7, 11) is 2.49. The first kappa shape index (κ1) is 13.0. The Bertz CT molecular complexity index is 455. The molecule has 0 amide bonds. The Balaban J connectivity index is 2.30. The summed E-state index contributed by atoms with van der Waals surface area (Å²) in [5.41, 5.74) is 7.61. The van der Waals surface area contributed by atoms with Crippen LogP contribution in [0.4, 0.5) is 11.4 Å². The lowest BCUT2D eigenvalue weighted by atomic mass is 10.2. The van der Waals surface area contributed by atoms with Crippen molar-refractivity contribution in [1.29, 1.82) is 0 Å². The minimum atomic E-state index is -0.693. The number of benzene rings is 1. The van der Waals surface area contributed by atoms with Crippen molar-refractivity contribution < 1.29 is 13.7 Å². The van der Waals surface area contributed by atoms with Crippen molar-refractivity contribution in [2.45, 2.75) is 0 Å². The summed E-state index contributed by atoms with van der Waals surface area (Å²) in [6.45, 7) is 1.51. The maximum absolute atomic E-state index is 11.4. The number of hydrogen-bond acceptors (Lipinski definition) is 5. The minimum Gasteiger partial charge on any atom is -0.493 e. The second kappa shape index (κ2) is 5.48. The van der Waals surface area contributed by atoms with Crippen LogP contribution in [0.5, 0.6) is 11.5 Å². The smallest absolute Gasteiger partial charge is 0.162 e. The third kappa shape index (κ3) is 2.53. The van der Waals surface area contributed by atoms with E-state index in [1.54, 1.807) is 20.3 Å². The van der Waals surface area contributed by atoms with Crippen molar-refractivity contribution in [3.63, 3.8) is 0 Å². The Hall–Kier alpha value is -1.43. The lowest BCUT2D eigenvalue weighted by molar-refractivity contribution is 0.355. The Morgan fingerprint density at radius 1 is 1.17 bits per heavy atom. The third-order valence-corrected chi connectivity index (χ3v) is 4.33. The second-order valence-electron chi connectivity index (χ2n) is 4.10. The fourth-order valence-electron chi connectivity index (χ4n) is 2.04. The van der Waals surface area contributed by atoms with Gasteiger partial charge < -0.3 is 20.1 Å². The lowest BCUT2D eigenvalue weighted by Crippen LogP contribution is -2.38. The standard InChI is InChI=1S/C12H18N2O3S/c1-16-11-7-9(13)10(8-12(11)17-2)14-3-5-18(15)6-4-14/h7-8H,3-6,13H2,1-2H3. The van der Waals surface area contributed by atoms with Gasteiger partial charge in [-0.3, -0.25) is 4.21 Å². The van der Waals surface area contributed by atoms with Crippen LogP contribution >= 0.6 is 0 Å². The summed E-state index contributed by atoms with van der Waals surface area (Å²) in [5.74, 6) is 2.66. The van der Waals surface area contributed by atoms with Crippen molar-refractivity contribution in [1.82, 2.24) is 0 Å². The van der Waals surface area contributed by atoms with Gasteiger partial charge in [-0.1, -0.05) is 0 Å². The molecule has 0 unspecified atom stereocenters. The van der Waals surface area contributed by atoms with Crippen molar-refractivity contribution in [2.75, 3.05) is 49.4 Å². The molecule has 2 rings (SSSR count). The highest BCUT2D eigenvalue weighted by Crippen LogP contribution is 2.37. The van der Waals surface area contributed by atoms with Gasteiger partial charge in [-0.15, -0.1) is 0 Å². The van der Waals surface area contributed by atoms with Crippen LogP contribution in [0.15, 0.2) is 12.1 Å². The third-order valence-electron chi connectivity index (χ3n) is 3.05. The van der Waals surface area contributed by atoms with Crippen LogP contribution in [-0.4, -0.2) is 43.0 Å². The number of hydrogen-bond donors (Lipinski definition) is 1. The Morgan fingerprint density at radius 3 is 2.28 bits per heavy atom. The van der Waals surface area contributed by atoms with E-state index in [-0.39, 0.29) is 0 Å². The SMILES string of the molecule is COc1cc(N)c(N2CCS(=O)CC2)cc1OC. The number of rotatable bonds is 3. The molecule has 0 spiro atoms. The fourth-order valence-corrected chi connectivity index (χ4v) is 3.09. The molecule has 0 saturated carbocycles. The first-order valence-corrected chi connectivity index (χ1v) is 7.26. The van der Waals surface area contributed by atoms with Crippen LogP contribution in [0.25, 0.3) is 0 Å². The zero-order valence-corrected chi connectivity index (χ0v) is 11.5. The van der Waals surface area contributed by atoms with Crippen molar-refractivity contribution in [3.05, 3.63) is 12.1 Å². The predicted molar refractivity (Wildman–Crippen MR) is 74.0 cm³/mol. The molecule has 1 heterocycles. The van der Waals surface area contributed by atoms with Crippen molar-refractivity contribution >= 4 is 22.2 Å². The summed E-state index contributed by atoms with van der Waals surface area (Å²) in [6.07, 6.45) is 0. The maximum atomic E-state index is 11.4. The first-order chi connectivity index (χ1) is 8.65. The summed E-state index contributed by atoms with van der Waals surface area (Å²) >= 11 is 0.